The molecule has 2 aliphatic rings. The van der Waals surface area contributed by atoms with Gasteiger partial charge in [0.1, 0.15) is 5.82 Å². The zero-order chi connectivity index (χ0) is 11.8. The van der Waals surface area contributed by atoms with Crippen LogP contribution in [-0.4, -0.2) is 33.6 Å². The van der Waals surface area contributed by atoms with Crippen molar-refractivity contribution in [2.75, 3.05) is 13.1 Å². The Morgan fingerprint density at radius 2 is 2.29 bits per heavy atom. The van der Waals surface area contributed by atoms with Gasteiger partial charge in [0, 0.05) is 38.6 Å². The lowest BCUT2D eigenvalue weighted by Gasteiger charge is -2.29. The molecule has 0 radical (unpaired) electrons. The van der Waals surface area contributed by atoms with E-state index in [9.17, 15) is 0 Å². The van der Waals surface area contributed by atoms with Crippen LogP contribution in [0.5, 0.6) is 0 Å². The highest BCUT2D eigenvalue weighted by atomic mass is 15.2. The van der Waals surface area contributed by atoms with E-state index >= 15 is 0 Å². The Kier molecular flexibility index (Phi) is 2.92. The van der Waals surface area contributed by atoms with Crippen LogP contribution in [0.3, 0.4) is 0 Å². The van der Waals surface area contributed by atoms with Crippen molar-refractivity contribution in [2.24, 2.45) is 24.6 Å². The molecule has 4 nitrogen and oxygen atoms in total. The number of likely N-dealkylation sites (tertiary alicyclic amines) is 1. The molecule has 1 aliphatic carbocycles. The quantitative estimate of drug-likeness (QED) is 0.830. The fraction of sp³-hybridized carbons (Fsp3) is 0.769. The molecule has 1 saturated heterocycles. The van der Waals surface area contributed by atoms with Gasteiger partial charge in [0.05, 0.1) is 6.54 Å². The van der Waals surface area contributed by atoms with Gasteiger partial charge in [0.25, 0.3) is 0 Å². The van der Waals surface area contributed by atoms with E-state index in [0.717, 1.165) is 24.2 Å². The first-order valence-electron chi connectivity index (χ1n) is 6.68. The van der Waals surface area contributed by atoms with Crippen LogP contribution in [0.1, 0.15) is 25.1 Å². The third kappa shape index (κ3) is 2.11. The lowest BCUT2D eigenvalue weighted by Crippen LogP contribution is -2.38. The summed E-state index contributed by atoms with van der Waals surface area (Å²) in [5.74, 6) is 2.72. The minimum atomic E-state index is 0.431. The van der Waals surface area contributed by atoms with Crippen molar-refractivity contribution in [3.63, 3.8) is 0 Å². The van der Waals surface area contributed by atoms with Crippen LogP contribution < -0.4 is 5.73 Å². The summed E-state index contributed by atoms with van der Waals surface area (Å²) in [6.07, 6.45) is 7.81. The van der Waals surface area contributed by atoms with E-state index < -0.39 is 0 Å². The highest BCUT2D eigenvalue weighted by molar-refractivity contribution is 4.97. The molecule has 0 amide bonds. The zero-order valence-electron chi connectivity index (χ0n) is 10.5. The second-order valence-corrected chi connectivity index (χ2v) is 5.67. The first-order valence-corrected chi connectivity index (χ1v) is 6.68. The Bertz CT molecular complexity index is 387. The third-order valence-corrected chi connectivity index (χ3v) is 4.52. The Morgan fingerprint density at radius 3 is 3.00 bits per heavy atom. The standard InChI is InChI=1S/C13H22N4/c1-16-6-5-15-13(16)9-17-7-10-3-2-4-12(14)11(10)8-17/h5-6,10-12H,2-4,7-9,14H2,1H3. The molecule has 4 heteroatoms. The fourth-order valence-electron chi connectivity index (χ4n) is 3.49. The molecule has 0 spiro atoms. The van der Waals surface area contributed by atoms with Gasteiger partial charge in [-0.1, -0.05) is 6.42 Å². The first kappa shape index (κ1) is 11.2. The molecule has 2 N–H and O–H groups in total. The molecule has 3 atom stereocenters. The average Bonchev–Trinajstić information content (AvgIpc) is 2.87. The van der Waals surface area contributed by atoms with Gasteiger partial charge in [-0.05, 0) is 24.7 Å². The van der Waals surface area contributed by atoms with E-state index in [4.69, 9.17) is 5.73 Å². The summed E-state index contributed by atoms with van der Waals surface area (Å²) in [5.41, 5.74) is 6.24. The van der Waals surface area contributed by atoms with Gasteiger partial charge in [0.2, 0.25) is 0 Å². The molecule has 2 heterocycles. The highest BCUT2D eigenvalue weighted by Gasteiger charge is 2.38. The molecule has 1 aromatic rings. The van der Waals surface area contributed by atoms with E-state index in [1.54, 1.807) is 0 Å². The largest absolute Gasteiger partial charge is 0.337 e. The maximum Gasteiger partial charge on any atom is 0.122 e. The van der Waals surface area contributed by atoms with Gasteiger partial charge in [0.15, 0.2) is 0 Å². The van der Waals surface area contributed by atoms with Crippen LogP contribution in [-0.2, 0) is 13.6 Å². The summed E-state index contributed by atoms with van der Waals surface area (Å²) < 4.78 is 2.11. The summed E-state index contributed by atoms with van der Waals surface area (Å²) >= 11 is 0. The van der Waals surface area contributed by atoms with Crippen LogP contribution >= 0.6 is 0 Å². The van der Waals surface area contributed by atoms with Crippen LogP contribution in [0.25, 0.3) is 0 Å². The molecular formula is C13H22N4. The molecule has 3 unspecified atom stereocenters. The average molecular weight is 234 g/mol. The van der Waals surface area contributed by atoms with E-state index in [2.05, 4.69) is 21.5 Å². The van der Waals surface area contributed by atoms with Crippen LogP contribution in [0.4, 0.5) is 0 Å². The molecule has 1 saturated carbocycles. The number of nitrogens with zero attached hydrogens (tertiary/aromatic N) is 3. The van der Waals surface area contributed by atoms with Gasteiger partial charge >= 0.3 is 0 Å². The maximum atomic E-state index is 6.24. The number of nitrogens with two attached hydrogens (primary N) is 1. The monoisotopic (exact) mass is 234 g/mol. The van der Waals surface area contributed by atoms with Crippen LogP contribution in [0.2, 0.25) is 0 Å². The number of aromatic nitrogens is 2. The first-order chi connectivity index (χ1) is 8.24. The number of fused-ring (bicyclic) bond motifs is 1. The van der Waals surface area contributed by atoms with E-state index in [1.807, 2.05) is 12.4 Å². The minimum Gasteiger partial charge on any atom is -0.337 e. The van der Waals surface area contributed by atoms with Crippen molar-refractivity contribution in [1.82, 2.24) is 14.5 Å². The lowest BCUT2D eigenvalue weighted by atomic mass is 9.78. The second-order valence-electron chi connectivity index (χ2n) is 5.67. The van der Waals surface area contributed by atoms with Crippen molar-refractivity contribution >= 4 is 0 Å². The lowest BCUT2D eigenvalue weighted by molar-refractivity contribution is 0.259. The summed E-state index contributed by atoms with van der Waals surface area (Å²) in [5, 5.41) is 0. The number of hydrogen-bond acceptors (Lipinski definition) is 3. The summed E-state index contributed by atoms with van der Waals surface area (Å²) in [6.45, 7) is 3.35. The van der Waals surface area contributed by atoms with Gasteiger partial charge in [-0.2, -0.15) is 0 Å². The molecule has 0 bridgehead atoms. The second kappa shape index (κ2) is 4.42. The molecule has 1 aromatic heterocycles. The van der Waals surface area contributed by atoms with Gasteiger partial charge in [-0.25, -0.2) is 4.98 Å². The Morgan fingerprint density at radius 1 is 1.41 bits per heavy atom. The molecule has 0 aromatic carbocycles. The normalized spacial score (nSPS) is 33.9. The highest BCUT2D eigenvalue weighted by Crippen LogP contribution is 2.35. The van der Waals surface area contributed by atoms with Crippen LogP contribution in [0, 0.1) is 11.8 Å². The number of hydrogen-bond donors (Lipinski definition) is 1. The Hall–Kier alpha value is -0.870. The van der Waals surface area contributed by atoms with E-state index in [-0.39, 0.29) is 0 Å². The summed E-state index contributed by atoms with van der Waals surface area (Å²) in [6, 6.07) is 0.431. The minimum absolute atomic E-state index is 0.431. The molecule has 3 rings (SSSR count). The fourth-order valence-corrected chi connectivity index (χ4v) is 3.49. The third-order valence-electron chi connectivity index (χ3n) is 4.52. The molecule has 1 aliphatic heterocycles. The molecular weight excluding hydrogens is 212 g/mol. The molecule has 17 heavy (non-hydrogen) atoms. The Balaban J connectivity index is 1.65. The van der Waals surface area contributed by atoms with Crippen molar-refractivity contribution in [2.45, 2.75) is 31.8 Å². The van der Waals surface area contributed by atoms with Gasteiger partial charge in [-0.15, -0.1) is 0 Å². The molecule has 2 fully saturated rings. The van der Waals surface area contributed by atoms with Gasteiger partial charge < -0.3 is 10.3 Å². The zero-order valence-corrected chi connectivity index (χ0v) is 10.5. The van der Waals surface area contributed by atoms with Gasteiger partial charge in [-0.3, -0.25) is 4.90 Å². The topological polar surface area (TPSA) is 47.1 Å². The summed E-state index contributed by atoms with van der Waals surface area (Å²) in [4.78, 5) is 6.94. The van der Waals surface area contributed by atoms with Crippen molar-refractivity contribution < 1.29 is 0 Å². The molecule has 94 valence electrons. The summed E-state index contributed by atoms with van der Waals surface area (Å²) in [7, 11) is 2.07. The number of imidazole rings is 1. The smallest absolute Gasteiger partial charge is 0.122 e. The van der Waals surface area contributed by atoms with Crippen LogP contribution in [0.15, 0.2) is 12.4 Å². The van der Waals surface area contributed by atoms with E-state index in [0.29, 0.717) is 6.04 Å². The number of aryl methyl sites for hydroxylation is 1. The van der Waals surface area contributed by atoms with Crippen molar-refractivity contribution in [3.8, 4) is 0 Å². The Labute approximate surface area is 103 Å². The SMILES string of the molecule is Cn1ccnc1CN1CC2CCCC(N)C2C1. The number of rotatable bonds is 2. The van der Waals surface area contributed by atoms with Crippen molar-refractivity contribution in [3.05, 3.63) is 18.2 Å². The van der Waals surface area contributed by atoms with Crippen molar-refractivity contribution in [1.29, 1.82) is 0 Å². The van der Waals surface area contributed by atoms with E-state index in [1.165, 1.54) is 32.4 Å². The predicted octanol–water partition coefficient (Wildman–Crippen LogP) is 0.979. The predicted molar refractivity (Wildman–Crippen MR) is 67.3 cm³/mol. The maximum absolute atomic E-state index is 6.24.